The number of aromatic nitrogens is 2. The molecule has 0 saturated carbocycles. The quantitative estimate of drug-likeness (QED) is 0.883. The molecule has 1 rings (SSSR count). The van der Waals surface area contributed by atoms with Crippen LogP contribution in [0.1, 0.15) is 18.7 Å². The number of hydrogen-bond acceptors (Lipinski definition) is 5. The fraction of sp³-hybridized carbons (Fsp3) is 0.625. The molecule has 0 saturated heterocycles. The van der Waals surface area contributed by atoms with Crippen molar-refractivity contribution in [2.24, 2.45) is 0 Å². The lowest BCUT2D eigenvalue weighted by molar-refractivity contribution is -0.144. The minimum atomic E-state index is -4.54. The highest BCUT2D eigenvalue weighted by molar-refractivity contribution is 7.09. The number of anilines is 1. The summed E-state index contributed by atoms with van der Waals surface area (Å²) < 4.78 is 39.8. The lowest BCUT2D eigenvalue weighted by Crippen LogP contribution is -2.19. The van der Waals surface area contributed by atoms with E-state index >= 15 is 0 Å². The normalized spacial score (nSPS) is 11.5. The first-order valence-corrected chi connectivity index (χ1v) is 5.42. The van der Waals surface area contributed by atoms with Crippen molar-refractivity contribution >= 4 is 22.6 Å². The summed E-state index contributed by atoms with van der Waals surface area (Å²) in [6.07, 6.45) is -4.24. The zero-order valence-electron chi connectivity index (χ0n) is 8.86. The number of rotatable bonds is 5. The van der Waals surface area contributed by atoms with Crippen LogP contribution in [-0.2, 0) is 11.0 Å². The first kappa shape index (κ1) is 13.7. The van der Waals surface area contributed by atoms with E-state index in [1.807, 2.05) is 0 Å². The molecule has 0 unspecified atom stereocenters. The molecular formula is C8H10F3N3O2S. The fourth-order valence-corrected chi connectivity index (χ4v) is 1.72. The summed E-state index contributed by atoms with van der Waals surface area (Å²) in [6, 6.07) is 0. The number of halogens is 3. The van der Waals surface area contributed by atoms with Crippen LogP contribution in [0, 0.1) is 0 Å². The molecule has 9 heteroatoms. The Balaban J connectivity index is 2.55. The highest BCUT2D eigenvalue weighted by atomic mass is 32.1. The van der Waals surface area contributed by atoms with Crippen molar-refractivity contribution in [1.82, 2.24) is 9.36 Å². The van der Waals surface area contributed by atoms with Gasteiger partial charge in [-0.3, -0.25) is 4.79 Å². The van der Waals surface area contributed by atoms with Crippen LogP contribution in [0.15, 0.2) is 0 Å². The molecule has 1 heterocycles. The monoisotopic (exact) mass is 269 g/mol. The van der Waals surface area contributed by atoms with Gasteiger partial charge in [0.05, 0.1) is 0 Å². The van der Waals surface area contributed by atoms with Crippen LogP contribution in [0.25, 0.3) is 0 Å². The van der Waals surface area contributed by atoms with Gasteiger partial charge in [-0.25, -0.2) is 0 Å². The summed E-state index contributed by atoms with van der Waals surface area (Å²) in [6.45, 7) is 0.318. The third kappa shape index (κ3) is 4.17. The second-order valence-electron chi connectivity index (χ2n) is 3.32. The molecule has 0 aliphatic rings. The van der Waals surface area contributed by atoms with Crippen LogP contribution in [-0.4, -0.2) is 34.0 Å². The lowest BCUT2D eigenvalue weighted by atomic mass is 10.3. The van der Waals surface area contributed by atoms with E-state index in [1.54, 1.807) is 7.05 Å². The fourth-order valence-electron chi connectivity index (χ4n) is 1.05. The molecule has 0 aliphatic heterocycles. The van der Waals surface area contributed by atoms with E-state index in [1.165, 1.54) is 4.90 Å². The summed E-state index contributed by atoms with van der Waals surface area (Å²) in [5.74, 6) is -2.10. The van der Waals surface area contributed by atoms with Crippen molar-refractivity contribution in [3.63, 3.8) is 0 Å². The maximum atomic E-state index is 12.2. The Morgan fingerprint density at radius 3 is 2.65 bits per heavy atom. The molecule has 0 radical (unpaired) electrons. The number of carbonyl (C=O) groups is 1. The summed E-state index contributed by atoms with van der Waals surface area (Å²) in [4.78, 5) is 15.1. The Kier molecular flexibility index (Phi) is 4.27. The van der Waals surface area contributed by atoms with E-state index in [9.17, 15) is 18.0 Å². The molecule has 96 valence electrons. The van der Waals surface area contributed by atoms with Gasteiger partial charge in [-0.05, 0) is 6.42 Å². The number of carboxylic acids is 1. The topological polar surface area (TPSA) is 66.3 Å². The minimum Gasteiger partial charge on any atom is -0.481 e. The van der Waals surface area contributed by atoms with Gasteiger partial charge in [-0.2, -0.15) is 22.5 Å². The third-order valence-corrected chi connectivity index (χ3v) is 2.71. The van der Waals surface area contributed by atoms with Gasteiger partial charge >= 0.3 is 12.1 Å². The van der Waals surface area contributed by atoms with Gasteiger partial charge in [0.25, 0.3) is 0 Å². The molecule has 5 nitrogen and oxygen atoms in total. The maximum absolute atomic E-state index is 12.2. The zero-order valence-corrected chi connectivity index (χ0v) is 9.68. The number of carboxylic acid groups (broad SMARTS) is 1. The second-order valence-corrected chi connectivity index (χ2v) is 4.05. The Morgan fingerprint density at radius 2 is 2.18 bits per heavy atom. The largest absolute Gasteiger partial charge is 0.481 e. The van der Waals surface area contributed by atoms with Crippen LogP contribution in [0.4, 0.5) is 18.3 Å². The average molecular weight is 269 g/mol. The first-order chi connectivity index (χ1) is 7.80. The van der Waals surface area contributed by atoms with E-state index in [4.69, 9.17) is 5.11 Å². The minimum absolute atomic E-state index is 0.0325. The van der Waals surface area contributed by atoms with Crippen molar-refractivity contribution in [3.05, 3.63) is 5.82 Å². The number of nitrogens with zero attached hydrogens (tertiary/aromatic N) is 3. The van der Waals surface area contributed by atoms with Crippen molar-refractivity contribution in [3.8, 4) is 0 Å². The Labute approximate surface area is 99.1 Å². The molecule has 0 aliphatic carbocycles. The molecule has 1 N–H and O–H groups in total. The van der Waals surface area contributed by atoms with Crippen molar-refractivity contribution in [2.45, 2.75) is 19.0 Å². The van der Waals surface area contributed by atoms with Crippen LogP contribution in [0.5, 0.6) is 0 Å². The van der Waals surface area contributed by atoms with Crippen LogP contribution in [0.3, 0.4) is 0 Å². The lowest BCUT2D eigenvalue weighted by Gasteiger charge is -2.13. The summed E-state index contributed by atoms with van der Waals surface area (Å²) >= 11 is 0.641. The van der Waals surface area contributed by atoms with Crippen molar-refractivity contribution in [2.75, 3.05) is 18.5 Å². The molecule has 0 fully saturated rings. The Hall–Kier alpha value is -1.38. The first-order valence-electron chi connectivity index (χ1n) is 4.64. The zero-order chi connectivity index (χ0) is 13.1. The van der Waals surface area contributed by atoms with Crippen LogP contribution in [0.2, 0.25) is 0 Å². The highest BCUT2D eigenvalue weighted by Crippen LogP contribution is 2.29. The standard InChI is InChI=1S/C8H10F3N3O2S/c1-14(4-2-3-5(15)16)7-12-6(13-17-7)8(9,10)11/h2-4H2,1H3,(H,15,16). The van der Waals surface area contributed by atoms with Gasteiger partial charge < -0.3 is 10.0 Å². The van der Waals surface area contributed by atoms with E-state index in [2.05, 4.69) is 9.36 Å². The van der Waals surface area contributed by atoms with E-state index in [-0.39, 0.29) is 11.6 Å². The number of alkyl halides is 3. The second kappa shape index (κ2) is 5.30. The number of hydrogen-bond donors (Lipinski definition) is 1. The van der Waals surface area contributed by atoms with Crippen molar-refractivity contribution < 1.29 is 23.1 Å². The Morgan fingerprint density at radius 1 is 1.53 bits per heavy atom. The van der Waals surface area contributed by atoms with Crippen LogP contribution < -0.4 is 4.90 Å². The predicted octanol–water partition coefficient (Wildman–Crippen LogP) is 1.86. The molecule has 0 aromatic carbocycles. The molecule has 1 aromatic heterocycles. The molecule has 0 bridgehead atoms. The predicted molar refractivity (Wildman–Crippen MR) is 55.1 cm³/mol. The smallest absolute Gasteiger partial charge is 0.452 e. The van der Waals surface area contributed by atoms with E-state index in [0.29, 0.717) is 24.5 Å². The van der Waals surface area contributed by atoms with E-state index < -0.39 is 18.0 Å². The molecule has 0 amide bonds. The molecule has 0 spiro atoms. The highest BCUT2D eigenvalue weighted by Gasteiger charge is 2.36. The molecule has 17 heavy (non-hydrogen) atoms. The van der Waals surface area contributed by atoms with Gasteiger partial charge in [-0.1, -0.05) is 0 Å². The summed E-state index contributed by atoms with van der Waals surface area (Å²) in [7, 11) is 1.54. The van der Waals surface area contributed by atoms with Crippen LogP contribution >= 0.6 is 11.5 Å². The SMILES string of the molecule is CN(CCCC(=O)O)c1nc(C(F)(F)F)ns1. The number of aliphatic carboxylic acids is 1. The molecular weight excluding hydrogens is 259 g/mol. The third-order valence-electron chi connectivity index (χ3n) is 1.88. The summed E-state index contributed by atoms with van der Waals surface area (Å²) in [5, 5.41) is 8.54. The average Bonchev–Trinajstić information content (AvgIpc) is 2.64. The van der Waals surface area contributed by atoms with Gasteiger partial charge in [0.2, 0.25) is 11.0 Å². The molecule has 0 atom stereocenters. The molecule has 1 aromatic rings. The summed E-state index contributed by atoms with van der Waals surface area (Å²) in [5.41, 5.74) is 0. The van der Waals surface area contributed by atoms with Gasteiger partial charge in [0.1, 0.15) is 0 Å². The van der Waals surface area contributed by atoms with E-state index in [0.717, 1.165) is 0 Å². The van der Waals surface area contributed by atoms with Gasteiger partial charge in [0.15, 0.2) is 0 Å². The Bertz CT molecular complexity index is 394. The maximum Gasteiger partial charge on any atom is 0.452 e. The van der Waals surface area contributed by atoms with Gasteiger partial charge in [0, 0.05) is 31.5 Å². The van der Waals surface area contributed by atoms with Gasteiger partial charge in [-0.15, -0.1) is 0 Å². The van der Waals surface area contributed by atoms with Crippen molar-refractivity contribution in [1.29, 1.82) is 0 Å².